The molecule has 0 atom stereocenters. The highest BCUT2D eigenvalue weighted by molar-refractivity contribution is 7.16. The molecule has 2 aromatic heterocycles. The predicted molar refractivity (Wildman–Crippen MR) is 83.0 cm³/mol. The highest BCUT2D eigenvalue weighted by atomic mass is 32.1. The number of hydrogen-bond donors (Lipinski definition) is 3. The topological polar surface area (TPSA) is 92.9 Å². The van der Waals surface area contributed by atoms with E-state index in [1.54, 1.807) is 25.2 Å². The Morgan fingerprint density at radius 1 is 1.40 bits per heavy atom. The van der Waals surface area contributed by atoms with Crippen molar-refractivity contribution in [1.82, 2.24) is 9.97 Å². The van der Waals surface area contributed by atoms with Crippen molar-refractivity contribution < 1.29 is 4.79 Å². The van der Waals surface area contributed by atoms with Crippen LogP contribution in [0.5, 0.6) is 0 Å². The van der Waals surface area contributed by atoms with Crippen LogP contribution in [0.2, 0.25) is 0 Å². The lowest BCUT2D eigenvalue weighted by Gasteiger charge is -2.21. The van der Waals surface area contributed by atoms with Gasteiger partial charge in [0, 0.05) is 13.1 Å². The van der Waals surface area contributed by atoms with E-state index in [2.05, 4.69) is 20.6 Å². The average Bonchev–Trinajstić information content (AvgIpc) is 2.84. The third-order valence-electron chi connectivity index (χ3n) is 3.02. The molecule has 7 heteroatoms. The van der Waals surface area contributed by atoms with Gasteiger partial charge in [0.2, 0.25) is 11.9 Å². The van der Waals surface area contributed by atoms with Crippen molar-refractivity contribution in [1.29, 1.82) is 0 Å². The minimum Gasteiger partial charge on any atom is -0.369 e. The molecule has 108 valence electrons. The van der Waals surface area contributed by atoms with E-state index in [0.29, 0.717) is 12.5 Å². The summed E-state index contributed by atoms with van der Waals surface area (Å²) in [5.74, 6) is 0.968. The summed E-state index contributed by atoms with van der Waals surface area (Å²) in [6.07, 6.45) is 0. The van der Waals surface area contributed by atoms with Gasteiger partial charge in [-0.25, -0.2) is 4.98 Å². The first-order valence-corrected chi connectivity index (χ1v) is 7.35. The lowest BCUT2D eigenvalue weighted by atomic mass is 9.93. The molecule has 2 rings (SSSR count). The maximum Gasteiger partial charge on any atom is 0.226 e. The largest absolute Gasteiger partial charge is 0.369 e. The Balaban J connectivity index is 2.28. The number of nitrogens with zero attached hydrogens (tertiary/aromatic N) is 2. The van der Waals surface area contributed by atoms with Crippen LogP contribution < -0.4 is 16.4 Å². The van der Waals surface area contributed by atoms with Gasteiger partial charge in [0.25, 0.3) is 0 Å². The fourth-order valence-electron chi connectivity index (χ4n) is 1.62. The molecule has 0 spiro atoms. The molecular formula is C13H19N5OS. The normalized spacial score (nSPS) is 11.6. The smallest absolute Gasteiger partial charge is 0.226 e. The van der Waals surface area contributed by atoms with E-state index < -0.39 is 5.41 Å². The summed E-state index contributed by atoms with van der Waals surface area (Å²) in [4.78, 5) is 21.2. The second-order valence-electron chi connectivity index (χ2n) is 5.17. The number of rotatable bonds is 6. The number of amides is 1. The van der Waals surface area contributed by atoms with Crippen molar-refractivity contribution >= 4 is 39.2 Å². The fraction of sp³-hybridized carbons (Fsp3) is 0.462. The second kappa shape index (κ2) is 5.62. The fourth-order valence-corrected chi connectivity index (χ4v) is 2.38. The molecule has 0 aliphatic rings. The Labute approximate surface area is 121 Å². The zero-order valence-corrected chi connectivity index (χ0v) is 12.7. The predicted octanol–water partition coefficient (Wildman–Crippen LogP) is 2.05. The van der Waals surface area contributed by atoms with Crippen molar-refractivity contribution in [2.75, 3.05) is 23.7 Å². The van der Waals surface area contributed by atoms with Crippen molar-refractivity contribution in [2.45, 2.75) is 20.8 Å². The summed E-state index contributed by atoms with van der Waals surface area (Å²) in [6, 6.07) is 1.97. The Hall–Kier alpha value is -1.89. The minimum atomic E-state index is -0.633. The van der Waals surface area contributed by atoms with E-state index in [-0.39, 0.29) is 5.91 Å². The molecule has 20 heavy (non-hydrogen) atoms. The Morgan fingerprint density at radius 2 is 2.15 bits per heavy atom. The third-order valence-corrected chi connectivity index (χ3v) is 3.83. The average molecular weight is 293 g/mol. The van der Waals surface area contributed by atoms with Crippen molar-refractivity contribution in [2.24, 2.45) is 11.1 Å². The number of carbonyl (C=O) groups excluding carboxylic acids is 1. The number of fused-ring (bicyclic) bond motifs is 1. The lowest BCUT2D eigenvalue weighted by Crippen LogP contribution is -2.37. The number of carbonyl (C=O) groups is 1. The molecule has 0 saturated heterocycles. The first-order valence-electron chi connectivity index (χ1n) is 6.47. The third kappa shape index (κ3) is 2.98. The first kappa shape index (κ1) is 14.5. The summed E-state index contributed by atoms with van der Waals surface area (Å²) in [5.41, 5.74) is 4.75. The molecule has 0 radical (unpaired) electrons. The molecule has 0 fully saturated rings. The summed E-state index contributed by atoms with van der Waals surface area (Å²) < 4.78 is 0. The maximum atomic E-state index is 11.4. The van der Waals surface area contributed by atoms with Crippen LogP contribution in [-0.4, -0.2) is 29.0 Å². The number of aromatic nitrogens is 2. The van der Waals surface area contributed by atoms with Gasteiger partial charge in [-0.3, -0.25) is 4.79 Å². The molecule has 0 saturated carbocycles. The molecule has 0 aliphatic carbocycles. The highest BCUT2D eigenvalue weighted by Gasteiger charge is 2.25. The van der Waals surface area contributed by atoms with Gasteiger partial charge in [-0.05, 0) is 32.2 Å². The van der Waals surface area contributed by atoms with E-state index in [9.17, 15) is 4.79 Å². The van der Waals surface area contributed by atoms with Gasteiger partial charge in [0.15, 0.2) is 0 Å². The summed E-state index contributed by atoms with van der Waals surface area (Å²) in [5, 5.41) is 9.24. The second-order valence-corrected chi connectivity index (χ2v) is 6.06. The number of nitrogens with two attached hydrogens (primary N) is 1. The molecule has 0 bridgehead atoms. The molecule has 6 nitrogen and oxygen atoms in total. The van der Waals surface area contributed by atoms with E-state index in [0.717, 1.165) is 22.6 Å². The standard InChI is InChI=1S/C13H19N5OS/c1-4-15-12-17-9(8-5-6-20-10(8)18-12)16-7-13(2,3)11(14)19/h5-6H,4,7H2,1-3H3,(H2,14,19)(H2,15,16,17,18). The van der Waals surface area contributed by atoms with Gasteiger partial charge >= 0.3 is 0 Å². The van der Waals surface area contributed by atoms with Crippen LogP contribution >= 0.6 is 11.3 Å². The van der Waals surface area contributed by atoms with Crippen LogP contribution in [0, 0.1) is 5.41 Å². The summed E-state index contributed by atoms with van der Waals surface area (Å²) in [7, 11) is 0. The van der Waals surface area contributed by atoms with Crippen LogP contribution in [0.25, 0.3) is 10.2 Å². The Morgan fingerprint density at radius 3 is 2.80 bits per heavy atom. The zero-order valence-electron chi connectivity index (χ0n) is 11.9. The lowest BCUT2D eigenvalue weighted by molar-refractivity contribution is -0.125. The van der Waals surface area contributed by atoms with E-state index in [1.807, 2.05) is 18.4 Å². The minimum absolute atomic E-state index is 0.340. The summed E-state index contributed by atoms with van der Waals surface area (Å²) >= 11 is 1.56. The van der Waals surface area contributed by atoms with Gasteiger partial charge in [0.05, 0.1) is 10.8 Å². The van der Waals surface area contributed by atoms with Gasteiger partial charge in [-0.2, -0.15) is 4.98 Å². The quantitative estimate of drug-likeness (QED) is 0.758. The van der Waals surface area contributed by atoms with Crippen LogP contribution in [0.1, 0.15) is 20.8 Å². The van der Waals surface area contributed by atoms with Crippen molar-refractivity contribution in [3.8, 4) is 0 Å². The molecular weight excluding hydrogens is 274 g/mol. The molecule has 0 aliphatic heterocycles. The molecule has 0 aromatic carbocycles. The van der Waals surface area contributed by atoms with Gasteiger partial charge in [-0.1, -0.05) is 0 Å². The van der Waals surface area contributed by atoms with Crippen LogP contribution in [-0.2, 0) is 4.79 Å². The SMILES string of the molecule is CCNc1nc(NCC(C)(C)C(N)=O)c2ccsc2n1. The number of nitrogens with one attached hydrogen (secondary N) is 2. The molecule has 0 unspecified atom stereocenters. The molecule has 4 N–H and O–H groups in total. The zero-order chi connectivity index (χ0) is 14.8. The monoisotopic (exact) mass is 293 g/mol. The number of primary amides is 1. The molecule has 2 aromatic rings. The number of thiophene rings is 1. The van der Waals surface area contributed by atoms with Gasteiger partial charge < -0.3 is 16.4 Å². The molecule has 1 amide bonds. The first-order chi connectivity index (χ1) is 9.44. The Kier molecular flexibility index (Phi) is 4.08. The maximum absolute atomic E-state index is 11.4. The highest BCUT2D eigenvalue weighted by Crippen LogP contribution is 2.27. The van der Waals surface area contributed by atoms with Gasteiger partial charge in [-0.15, -0.1) is 11.3 Å². The van der Waals surface area contributed by atoms with Crippen molar-refractivity contribution in [3.05, 3.63) is 11.4 Å². The number of anilines is 2. The van der Waals surface area contributed by atoms with Crippen molar-refractivity contribution in [3.63, 3.8) is 0 Å². The van der Waals surface area contributed by atoms with E-state index in [1.165, 1.54) is 0 Å². The number of hydrogen-bond acceptors (Lipinski definition) is 6. The van der Waals surface area contributed by atoms with Crippen LogP contribution in [0.4, 0.5) is 11.8 Å². The van der Waals surface area contributed by atoms with Crippen LogP contribution in [0.3, 0.4) is 0 Å². The Bertz CT molecular complexity index is 622. The van der Waals surface area contributed by atoms with E-state index in [4.69, 9.17) is 5.73 Å². The van der Waals surface area contributed by atoms with E-state index >= 15 is 0 Å². The summed E-state index contributed by atoms with van der Waals surface area (Å²) in [6.45, 7) is 6.78. The molecule has 2 heterocycles. The van der Waals surface area contributed by atoms with Gasteiger partial charge in [0.1, 0.15) is 10.6 Å². The van der Waals surface area contributed by atoms with Crippen LogP contribution in [0.15, 0.2) is 11.4 Å².